The summed E-state index contributed by atoms with van der Waals surface area (Å²) in [5.41, 5.74) is -0.601. The van der Waals surface area contributed by atoms with E-state index in [-0.39, 0.29) is 10.7 Å². The van der Waals surface area contributed by atoms with Crippen LogP contribution in [0.1, 0.15) is 17.7 Å². The van der Waals surface area contributed by atoms with E-state index in [1.165, 1.54) is 6.20 Å². The van der Waals surface area contributed by atoms with E-state index in [0.29, 0.717) is 5.82 Å². The Hall–Kier alpha value is -1.53. The van der Waals surface area contributed by atoms with Gasteiger partial charge in [0.25, 0.3) is 6.43 Å². The fourth-order valence-electron chi connectivity index (χ4n) is 1.40. The van der Waals surface area contributed by atoms with Crippen molar-refractivity contribution in [1.82, 2.24) is 14.8 Å². The first-order chi connectivity index (χ1) is 8.15. The first kappa shape index (κ1) is 11.9. The zero-order valence-electron chi connectivity index (χ0n) is 8.52. The predicted molar refractivity (Wildman–Crippen MR) is 57.2 cm³/mol. The molecule has 0 aliphatic carbocycles. The molecule has 1 N–H and O–H groups in total. The van der Waals surface area contributed by atoms with Gasteiger partial charge >= 0.3 is 0 Å². The summed E-state index contributed by atoms with van der Waals surface area (Å²) in [6.07, 6.45) is -1.30. The summed E-state index contributed by atoms with van der Waals surface area (Å²) < 4.78 is 26.4. The van der Waals surface area contributed by atoms with Gasteiger partial charge < -0.3 is 5.11 Å². The fourth-order valence-corrected chi connectivity index (χ4v) is 1.68. The predicted octanol–water partition coefficient (Wildman–Crippen LogP) is 2.35. The van der Waals surface area contributed by atoms with E-state index >= 15 is 0 Å². The molecule has 0 unspecified atom stereocenters. The van der Waals surface area contributed by atoms with Gasteiger partial charge in [0.05, 0.1) is 6.61 Å². The zero-order chi connectivity index (χ0) is 12.4. The first-order valence-corrected chi connectivity index (χ1v) is 5.10. The van der Waals surface area contributed by atoms with Crippen LogP contribution in [-0.4, -0.2) is 19.9 Å². The highest BCUT2D eigenvalue weighted by Gasteiger charge is 2.23. The van der Waals surface area contributed by atoms with E-state index in [1.807, 2.05) is 0 Å². The molecule has 0 aliphatic heterocycles. The topological polar surface area (TPSA) is 50.9 Å². The molecule has 2 aromatic heterocycles. The minimum atomic E-state index is -2.79. The number of hydrogen-bond acceptors (Lipinski definition) is 3. The second kappa shape index (κ2) is 4.77. The van der Waals surface area contributed by atoms with Crippen LogP contribution in [0.15, 0.2) is 24.4 Å². The van der Waals surface area contributed by atoms with Gasteiger partial charge in [0.2, 0.25) is 0 Å². The van der Waals surface area contributed by atoms with Crippen molar-refractivity contribution in [2.45, 2.75) is 13.0 Å². The van der Waals surface area contributed by atoms with Crippen LogP contribution in [0, 0.1) is 0 Å². The number of nitrogens with zero attached hydrogens (tertiary/aromatic N) is 3. The zero-order valence-corrected chi connectivity index (χ0v) is 9.27. The maximum absolute atomic E-state index is 12.7. The Morgan fingerprint density at radius 1 is 1.41 bits per heavy atom. The van der Waals surface area contributed by atoms with Gasteiger partial charge in [0.1, 0.15) is 10.8 Å². The van der Waals surface area contributed by atoms with Crippen molar-refractivity contribution in [3.63, 3.8) is 0 Å². The summed E-state index contributed by atoms with van der Waals surface area (Å²) in [6.45, 7) is -0.592. The van der Waals surface area contributed by atoms with Gasteiger partial charge in [-0.15, -0.1) is 0 Å². The third kappa shape index (κ3) is 2.13. The van der Waals surface area contributed by atoms with Gasteiger partial charge in [0, 0.05) is 11.8 Å². The second-order valence-electron chi connectivity index (χ2n) is 3.21. The van der Waals surface area contributed by atoms with Gasteiger partial charge in [-0.05, 0) is 12.1 Å². The number of aliphatic hydroxyl groups excluding tert-OH is 1. The summed E-state index contributed by atoms with van der Waals surface area (Å²) in [7, 11) is 0. The summed E-state index contributed by atoms with van der Waals surface area (Å²) in [5.74, 6) is 0.319. The summed E-state index contributed by atoms with van der Waals surface area (Å²) >= 11 is 5.88. The third-order valence-electron chi connectivity index (χ3n) is 2.18. The van der Waals surface area contributed by atoms with Gasteiger partial charge in [-0.3, -0.25) is 0 Å². The molecule has 90 valence electrons. The number of aliphatic hydroxyl groups is 1. The maximum Gasteiger partial charge on any atom is 0.282 e. The number of pyridine rings is 1. The standard InChI is InChI=1S/C10H8ClF2N3O/c11-9-6(5-17)8(10(12)13)15-16(9)7-3-1-2-4-14-7/h1-4,10,17H,5H2. The molecule has 0 atom stereocenters. The first-order valence-electron chi connectivity index (χ1n) is 4.73. The van der Waals surface area contributed by atoms with Gasteiger partial charge in [-0.2, -0.15) is 5.10 Å². The molecule has 2 heterocycles. The van der Waals surface area contributed by atoms with Crippen molar-refractivity contribution >= 4 is 11.6 Å². The Morgan fingerprint density at radius 3 is 2.65 bits per heavy atom. The van der Waals surface area contributed by atoms with E-state index in [1.54, 1.807) is 18.2 Å². The van der Waals surface area contributed by atoms with Crippen LogP contribution in [0.5, 0.6) is 0 Å². The molecule has 7 heteroatoms. The number of rotatable bonds is 3. The molecule has 0 aliphatic rings. The average Bonchev–Trinajstić information content (AvgIpc) is 2.67. The molecule has 0 aromatic carbocycles. The lowest BCUT2D eigenvalue weighted by molar-refractivity contribution is 0.141. The monoisotopic (exact) mass is 259 g/mol. The molecular weight excluding hydrogens is 252 g/mol. The molecule has 0 spiro atoms. The van der Waals surface area contributed by atoms with E-state index in [0.717, 1.165) is 4.68 Å². The van der Waals surface area contributed by atoms with E-state index in [4.69, 9.17) is 16.7 Å². The van der Waals surface area contributed by atoms with Crippen LogP contribution in [0.25, 0.3) is 5.82 Å². The normalized spacial score (nSPS) is 11.1. The smallest absolute Gasteiger partial charge is 0.282 e. The highest BCUT2D eigenvalue weighted by molar-refractivity contribution is 6.30. The quantitative estimate of drug-likeness (QED) is 0.921. The average molecular weight is 260 g/mol. The van der Waals surface area contributed by atoms with E-state index in [2.05, 4.69) is 10.1 Å². The van der Waals surface area contributed by atoms with E-state index < -0.39 is 18.7 Å². The van der Waals surface area contributed by atoms with Crippen LogP contribution >= 0.6 is 11.6 Å². The molecule has 17 heavy (non-hydrogen) atoms. The molecule has 4 nitrogen and oxygen atoms in total. The number of alkyl halides is 2. The van der Waals surface area contributed by atoms with E-state index in [9.17, 15) is 8.78 Å². The molecule has 2 aromatic rings. The Morgan fingerprint density at radius 2 is 2.18 bits per heavy atom. The lowest BCUT2D eigenvalue weighted by atomic mass is 10.3. The molecule has 0 saturated carbocycles. The van der Waals surface area contributed by atoms with Crippen LogP contribution in [0.4, 0.5) is 8.78 Å². The van der Waals surface area contributed by atoms with Crippen molar-refractivity contribution < 1.29 is 13.9 Å². The molecule has 0 fully saturated rings. The lowest BCUT2D eigenvalue weighted by Crippen LogP contribution is -1.99. The Balaban J connectivity index is 2.57. The van der Waals surface area contributed by atoms with Crippen LogP contribution in [0.3, 0.4) is 0 Å². The highest BCUT2D eigenvalue weighted by Crippen LogP contribution is 2.29. The Kier molecular flexibility index (Phi) is 3.35. The van der Waals surface area contributed by atoms with Crippen LogP contribution < -0.4 is 0 Å². The number of aromatic nitrogens is 3. The van der Waals surface area contributed by atoms with Crippen molar-refractivity contribution in [3.05, 3.63) is 40.8 Å². The van der Waals surface area contributed by atoms with Gasteiger partial charge in [-0.25, -0.2) is 18.4 Å². The largest absolute Gasteiger partial charge is 0.391 e. The second-order valence-corrected chi connectivity index (χ2v) is 3.57. The number of hydrogen-bond donors (Lipinski definition) is 1. The lowest BCUT2D eigenvalue weighted by Gasteiger charge is -2.00. The minimum absolute atomic E-state index is 0.0542. The van der Waals surface area contributed by atoms with Crippen molar-refractivity contribution in [3.8, 4) is 5.82 Å². The van der Waals surface area contributed by atoms with Crippen LogP contribution in [-0.2, 0) is 6.61 Å². The Bertz CT molecular complexity index is 516. The summed E-state index contributed by atoms with van der Waals surface area (Å²) in [5, 5.41) is 12.6. The van der Waals surface area contributed by atoms with Gasteiger partial charge in [0.15, 0.2) is 5.82 Å². The third-order valence-corrected chi connectivity index (χ3v) is 2.57. The molecule has 0 amide bonds. The SMILES string of the molecule is OCc1c(C(F)F)nn(-c2ccccn2)c1Cl. The summed E-state index contributed by atoms with van der Waals surface area (Å²) in [6, 6.07) is 4.94. The molecule has 2 rings (SSSR count). The van der Waals surface area contributed by atoms with Crippen molar-refractivity contribution in [2.24, 2.45) is 0 Å². The van der Waals surface area contributed by atoms with Crippen molar-refractivity contribution in [1.29, 1.82) is 0 Å². The highest BCUT2D eigenvalue weighted by atomic mass is 35.5. The summed E-state index contributed by atoms with van der Waals surface area (Å²) in [4.78, 5) is 3.95. The van der Waals surface area contributed by atoms with Crippen molar-refractivity contribution in [2.75, 3.05) is 0 Å². The van der Waals surface area contributed by atoms with Crippen LogP contribution in [0.2, 0.25) is 5.15 Å². The molecule has 0 saturated heterocycles. The maximum atomic E-state index is 12.7. The van der Waals surface area contributed by atoms with Gasteiger partial charge in [-0.1, -0.05) is 17.7 Å². The fraction of sp³-hybridized carbons (Fsp3) is 0.200. The molecule has 0 radical (unpaired) electrons. The minimum Gasteiger partial charge on any atom is -0.391 e. The molecule has 0 bridgehead atoms. The molecular formula is C10H8ClF2N3O. The Labute approximate surface area is 100 Å². The number of halogens is 3.